The molecule has 0 aromatic rings. The van der Waals surface area contributed by atoms with Crippen LogP contribution in [0, 0.1) is 5.92 Å². The van der Waals surface area contributed by atoms with Gasteiger partial charge in [-0.2, -0.15) is 6.92 Å². The first kappa shape index (κ1) is 12.8. The number of guanidine groups is 1. The second kappa shape index (κ2) is 6.25. The smallest absolute Gasteiger partial charge is 0.188 e. The second-order valence-electron chi connectivity index (χ2n) is 3.01. The zero-order chi connectivity index (χ0) is 8.97. The van der Waals surface area contributed by atoms with Crippen LogP contribution in [0.2, 0.25) is 0 Å². The van der Waals surface area contributed by atoms with E-state index in [1.807, 2.05) is 4.90 Å². The Bertz CT molecular complexity index is 175. The van der Waals surface area contributed by atoms with Crippen molar-refractivity contribution in [2.45, 2.75) is 6.92 Å². The molecule has 4 nitrogen and oxygen atoms in total. The van der Waals surface area contributed by atoms with Crippen molar-refractivity contribution >= 4 is 5.96 Å². The van der Waals surface area contributed by atoms with Gasteiger partial charge < -0.3 is 15.4 Å². The standard InChI is InChI=1S/C8H16N3O.Cr/c1-7-5-11(8(9)10-2)3-4-12-6-7;/h3-6H2,1-2H3,(H2,9,10);/q-1;. The average molecular weight is 222 g/mol. The van der Waals surface area contributed by atoms with E-state index in [1.165, 1.54) is 5.92 Å². The van der Waals surface area contributed by atoms with Crippen molar-refractivity contribution in [3.63, 3.8) is 0 Å². The molecule has 1 heterocycles. The fourth-order valence-electron chi connectivity index (χ4n) is 1.21. The number of rotatable bonds is 0. The van der Waals surface area contributed by atoms with Gasteiger partial charge in [0.1, 0.15) is 0 Å². The average Bonchev–Trinajstić information content (AvgIpc) is 2.28. The molecule has 2 N–H and O–H groups in total. The summed E-state index contributed by atoms with van der Waals surface area (Å²) in [6.45, 7) is 5.24. The molecule has 1 saturated heterocycles. The first-order valence-corrected chi connectivity index (χ1v) is 4.10. The first-order chi connectivity index (χ1) is 5.74. The SMILES string of the molecule is CN=C(N)N1CCOC[C-](C)C1.[Cr]. The monoisotopic (exact) mass is 222 g/mol. The molecular formula is C8H16CrN3O-. The predicted molar refractivity (Wildman–Crippen MR) is 48.9 cm³/mol. The van der Waals surface area contributed by atoms with Gasteiger partial charge in [-0.1, -0.05) is 13.2 Å². The molecule has 0 saturated carbocycles. The molecule has 0 unspecified atom stereocenters. The molecule has 1 fully saturated rings. The first-order valence-electron chi connectivity index (χ1n) is 4.10. The summed E-state index contributed by atoms with van der Waals surface area (Å²) in [6.07, 6.45) is 0. The predicted octanol–water partition coefficient (Wildman–Crippen LogP) is -0.145. The molecule has 0 aromatic heterocycles. The Balaban J connectivity index is 0.00000144. The summed E-state index contributed by atoms with van der Waals surface area (Å²) in [4.78, 5) is 5.97. The van der Waals surface area contributed by atoms with E-state index < -0.39 is 0 Å². The van der Waals surface area contributed by atoms with Crippen molar-refractivity contribution in [3.05, 3.63) is 5.92 Å². The Morgan fingerprint density at radius 3 is 2.92 bits per heavy atom. The van der Waals surface area contributed by atoms with E-state index in [2.05, 4.69) is 11.9 Å². The quantitative estimate of drug-likeness (QED) is 0.352. The van der Waals surface area contributed by atoms with Crippen LogP contribution in [0.4, 0.5) is 0 Å². The minimum Gasteiger partial charge on any atom is -0.411 e. The Morgan fingerprint density at radius 1 is 1.62 bits per heavy atom. The Hall–Kier alpha value is -0.238. The van der Waals surface area contributed by atoms with E-state index in [1.54, 1.807) is 7.05 Å². The molecule has 0 atom stereocenters. The van der Waals surface area contributed by atoms with Gasteiger partial charge in [0, 0.05) is 31.0 Å². The fraction of sp³-hybridized carbons (Fsp3) is 0.750. The van der Waals surface area contributed by atoms with Crippen molar-refractivity contribution in [2.75, 3.05) is 33.4 Å². The molecule has 13 heavy (non-hydrogen) atoms. The maximum atomic E-state index is 5.69. The number of ether oxygens (including phenoxy) is 1. The molecular weight excluding hydrogens is 206 g/mol. The maximum Gasteiger partial charge on any atom is 0.188 e. The van der Waals surface area contributed by atoms with Crippen LogP contribution in [0.3, 0.4) is 0 Å². The molecule has 1 aliphatic rings. The maximum absolute atomic E-state index is 5.69. The third kappa shape index (κ3) is 3.99. The van der Waals surface area contributed by atoms with Gasteiger partial charge in [0.2, 0.25) is 0 Å². The number of hydrogen-bond donors (Lipinski definition) is 1. The topological polar surface area (TPSA) is 50.8 Å². The van der Waals surface area contributed by atoms with Crippen LogP contribution in [0.25, 0.3) is 0 Å². The van der Waals surface area contributed by atoms with Gasteiger partial charge in [0.25, 0.3) is 0 Å². The van der Waals surface area contributed by atoms with E-state index in [0.717, 1.165) is 26.3 Å². The molecule has 1 rings (SSSR count). The van der Waals surface area contributed by atoms with Crippen LogP contribution in [-0.4, -0.2) is 44.2 Å². The largest absolute Gasteiger partial charge is 0.411 e. The van der Waals surface area contributed by atoms with Crippen molar-refractivity contribution in [1.29, 1.82) is 0 Å². The van der Waals surface area contributed by atoms with Gasteiger partial charge in [0.05, 0.1) is 6.61 Å². The van der Waals surface area contributed by atoms with Crippen LogP contribution in [0.1, 0.15) is 6.92 Å². The van der Waals surface area contributed by atoms with E-state index in [0.29, 0.717) is 5.96 Å². The van der Waals surface area contributed by atoms with Crippen molar-refractivity contribution in [1.82, 2.24) is 4.90 Å². The number of hydrogen-bond acceptors (Lipinski definition) is 2. The van der Waals surface area contributed by atoms with Crippen LogP contribution < -0.4 is 5.73 Å². The fourth-order valence-corrected chi connectivity index (χ4v) is 1.21. The van der Waals surface area contributed by atoms with Crippen molar-refractivity contribution < 1.29 is 22.1 Å². The van der Waals surface area contributed by atoms with Crippen molar-refractivity contribution in [2.24, 2.45) is 10.7 Å². The minimum absolute atomic E-state index is 0. The zero-order valence-corrected chi connectivity index (χ0v) is 9.39. The van der Waals surface area contributed by atoms with E-state index >= 15 is 0 Å². The summed E-state index contributed by atoms with van der Waals surface area (Å²) in [5, 5.41) is 0. The van der Waals surface area contributed by atoms with Crippen LogP contribution in [0.15, 0.2) is 4.99 Å². The molecule has 1 aliphatic heterocycles. The number of nitrogens with zero attached hydrogens (tertiary/aromatic N) is 2. The molecule has 76 valence electrons. The minimum atomic E-state index is 0. The van der Waals surface area contributed by atoms with Gasteiger partial charge in [-0.05, 0) is 0 Å². The summed E-state index contributed by atoms with van der Waals surface area (Å²) >= 11 is 0. The Kier molecular flexibility index (Phi) is 6.14. The van der Waals surface area contributed by atoms with E-state index in [-0.39, 0.29) is 17.4 Å². The van der Waals surface area contributed by atoms with Crippen molar-refractivity contribution in [3.8, 4) is 0 Å². The van der Waals surface area contributed by atoms with Crippen LogP contribution in [0.5, 0.6) is 0 Å². The van der Waals surface area contributed by atoms with Crippen LogP contribution in [-0.2, 0) is 22.1 Å². The molecule has 0 bridgehead atoms. The Morgan fingerprint density at radius 2 is 2.31 bits per heavy atom. The second-order valence-corrected chi connectivity index (χ2v) is 3.01. The summed E-state index contributed by atoms with van der Waals surface area (Å²) in [5.41, 5.74) is 5.69. The third-order valence-corrected chi connectivity index (χ3v) is 1.87. The summed E-state index contributed by atoms with van der Waals surface area (Å²) in [5.74, 6) is 1.89. The molecule has 0 aromatic carbocycles. The molecule has 5 heteroatoms. The molecule has 0 spiro atoms. The summed E-state index contributed by atoms with van der Waals surface area (Å²) in [6, 6.07) is 0. The van der Waals surface area contributed by atoms with Gasteiger partial charge in [-0.3, -0.25) is 10.9 Å². The molecule has 0 radical (unpaired) electrons. The number of nitrogens with two attached hydrogens (primary N) is 1. The normalized spacial score (nSPS) is 20.8. The summed E-state index contributed by atoms with van der Waals surface area (Å²) < 4.78 is 5.34. The zero-order valence-electron chi connectivity index (χ0n) is 8.12. The molecule has 0 aliphatic carbocycles. The van der Waals surface area contributed by atoms with E-state index in [4.69, 9.17) is 10.5 Å². The van der Waals surface area contributed by atoms with E-state index in [9.17, 15) is 0 Å². The van der Waals surface area contributed by atoms with Gasteiger partial charge in [0.15, 0.2) is 5.96 Å². The molecule has 0 amide bonds. The third-order valence-electron chi connectivity index (χ3n) is 1.87. The van der Waals surface area contributed by atoms with Crippen LogP contribution >= 0.6 is 0 Å². The number of aliphatic imine (C=N–C) groups is 1. The van der Waals surface area contributed by atoms with Gasteiger partial charge in [-0.15, -0.1) is 0 Å². The van der Waals surface area contributed by atoms with Gasteiger partial charge >= 0.3 is 0 Å². The Labute approximate surface area is 90.3 Å². The van der Waals surface area contributed by atoms with Gasteiger partial charge in [-0.25, -0.2) is 0 Å². The summed E-state index contributed by atoms with van der Waals surface area (Å²) in [7, 11) is 1.70.